The van der Waals surface area contributed by atoms with Crippen LogP contribution in [0, 0.1) is 18.2 Å². The lowest BCUT2D eigenvalue weighted by Gasteiger charge is -2.08. The van der Waals surface area contributed by atoms with Crippen LogP contribution in [-0.2, 0) is 6.54 Å². The highest BCUT2D eigenvalue weighted by atomic mass is 19.1. The van der Waals surface area contributed by atoms with Crippen molar-refractivity contribution in [3.8, 4) is 23.6 Å². The number of anilines is 1. The molecule has 0 radical (unpaired) electrons. The van der Waals surface area contributed by atoms with Gasteiger partial charge in [-0.25, -0.2) is 9.37 Å². The van der Waals surface area contributed by atoms with E-state index in [-0.39, 0.29) is 11.7 Å². The number of nitrogens with two attached hydrogens (primary N) is 1. The third-order valence-corrected chi connectivity index (χ3v) is 2.93. The van der Waals surface area contributed by atoms with E-state index in [0.717, 1.165) is 5.82 Å². The summed E-state index contributed by atoms with van der Waals surface area (Å²) in [7, 11) is 0. The number of hydrogen-bond acceptors (Lipinski definition) is 2. The van der Waals surface area contributed by atoms with Crippen LogP contribution in [0.3, 0.4) is 0 Å². The maximum Gasteiger partial charge on any atom is 0.132 e. The van der Waals surface area contributed by atoms with Crippen molar-refractivity contribution in [3.05, 3.63) is 35.9 Å². The zero-order valence-corrected chi connectivity index (χ0v) is 11.0. The molecule has 4 heteroatoms. The number of imidazole rings is 1. The van der Waals surface area contributed by atoms with Crippen molar-refractivity contribution >= 4 is 5.82 Å². The largest absolute Gasteiger partial charge is 0.383 e. The molecule has 19 heavy (non-hydrogen) atoms. The minimum absolute atomic E-state index is 0.163. The van der Waals surface area contributed by atoms with E-state index in [9.17, 15) is 4.39 Å². The van der Waals surface area contributed by atoms with Crippen LogP contribution in [0.25, 0.3) is 11.3 Å². The number of benzene rings is 1. The lowest BCUT2D eigenvalue weighted by Crippen LogP contribution is -2.07. The molecule has 0 atom stereocenters. The average molecular weight is 257 g/mol. The van der Waals surface area contributed by atoms with Crippen molar-refractivity contribution in [2.45, 2.75) is 26.3 Å². The Morgan fingerprint density at radius 3 is 2.68 bits per heavy atom. The zero-order chi connectivity index (χ0) is 14.0. The Morgan fingerprint density at radius 2 is 2.11 bits per heavy atom. The first kappa shape index (κ1) is 13.2. The molecule has 98 valence electrons. The predicted octanol–water partition coefficient (Wildman–Crippen LogP) is 3.03. The van der Waals surface area contributed by atoms with Crippen LogP contribution < -0.4 is 5.73 Å². The molecule has 2 N–H and O–H groups in total. The lowest BCUT2D eigenvalue weighted by atomic mass is 10.1. The zero-order valence-electron chi connectivity index (χ0n) is 11.0. The fourth-order valence-electron chi connectivity index (χ4n) is 2.03. The van der Waals surface area contributed by atoms with Crippen LogP contribution in [0.2, 0.25) is 0 Å². The maximum absolute atomic E-state index is 13.8. The van der Waals surface area contributed by atoms with Crippen molar-refractivity contribution < 1.29 is 4.39 Å². The maximum atomic E-state index is 13.8. The molecule has 0 aliphatic rings. The van der Waals surface area contributed by atoms with Crippen LogP contribution in [0.5, 0.6) is 0 Å². The molecule has 0 fully saturated rings. The van der Waals surface area contributed by atoms with E-state index in [1.54, 1.807) is 22.8 Å². The summed E-state index contributed by atoms with van der Waals surface area (Å²) in [5.41, 5.74) is 6.92. The number of nitrogen functional groups attached to an aromatic ring is 1. The lowest BCUT2D eigenvalue weighted by molar-refractivity contribution is 0.631. The SMILES string of the molecule is C#CCn1c(C(C)C)nc(-c2ccccc2F)c1N. The fraction of sp³-hybridized carbons (Fsp3) is 0.267. The molecule has 0 aliphatic heterocycles. The molecule has 0 amide bonds. The normalized spacial score (nSPS) is 10.7. The number of hydrogen-bond donors (Lipinski definition) is 1. The summed E-state index contributed by atoms with van der Waals surface area (Å²) in [4.78, 5) is 4.46. The molecule has 0 saturated carbocycles. The highest BCUT2D eigenvalue weighted by Crippen LogP contribution is 2.30. The van der Waals surface area contributed by atoms with Gasteiger partial charge in [0, 0.05) is 11.5 Å². The van der Waals surface area contributed by atoms with Crippen LogP contribution in [0.4, 0.5) is 10.2 Å². The molecular weight excluding hydrogens is 241 g/mol. The van der Waals surface area contributed by atoms with Gasteiger partial charge in [0.2, 0.25) is 0 Å². The van der Waals surface area contributed by atoms with Crippen molar-refractivity contribution in [3.63, 3.8) is 0 Å². The summed E-state index contributed by atoms with van der Waals surface area (Å²) in [6.07, 6.45) is 5.35. The third kappa shape index (κ3) is 2.32. The first-order valence-corrected chi connectivity index (χ1v) is 6.10. The van der Waals surface area contributed by atoms with Gasteiger partial charge < -0.3 is 10.3 Å². The topological polar surface area (TPSA) is 43.8 Å². The Labute approximate surface area is 112 Å². The number of aromatic nitrogens is 2. The van der Waals surface area contributed by atoms with E-state index in [1.807, 2.05) is 13.8 Å². The molecule has 3 nitrogen and oxygen atoms in total. The summed E-state index contributed by atoms with van der Waals surface area (Å²) < 4.78 is 15.6. The van der Waals surface area contributed by atoms with Crippen LogP contribution in [0.15, 0.2) is 24.3 Å². The van der Waals surface area contributed by atoms with Gasteiger partial charge in [0.05, 0.1) is 6.54 Å². The molecule has 1 heterocycles. The number of rotatable bonds is 3. The second-order valence-corrected chi connectivity index (χ2v) is 4.63. The minimum Gasteiger partial charge on any atom is -0.383 e. The summed E-state index contributed by atoms with van der Waals surface area (Å²) in [5.74, 6) is 3.55. The van der Waals surface area contributed by atoms with Crippen LogP contribution >= 0.6 is 0 Å². The number of halogens is 1. The quantitative estimate of drug-likeness (QED) is 0.859. The van der Waals surface area contributed by atoms with Gasteiger partial charge in [0.1, 0.15) is 23.2 Å². The van der Waals surface area contributed by atoms with Gasteiger partial charge in [0.15, 0.2) is 0 Å². The molecule has 1 aromatic carbocycles. The molecular formula is C15H16FN3. The van der Waals surface area contributed by atoms with Crippen molar-refractivity contribution in [2.75, 3.05) is 5.73 Å². The van der Waals surface area contributed by atoms with Crippen LogP contribution in [-0.4, -0.2) is 9.55 Å². The van der Waals surface area contributed by atoms with E-state index < -0.39 is 0 Å². The first-order valence-electron chi connectivity index (χ1n) is 6.10. The minimum atomic E-state index is -0.338. The van der Waals surface area contributed by atoms with E-state index in [2.05, 4.69) is 10.9 Å². The molecule has 2 aromatic rings. The smallest absolute Gasteiger partial charge is 0.132 e. The number of terminal acetylenes is 1. The Hall–Kier alpha value is -2.28. The van der Waals surface area contributed by atoms with Gasteiger partial charge in [-0.1, -0.05) is 31.9 Å². The Kier molecular flexibility index (Phi) is 3.57. The fourth-order valence-corrected chi connectivity index (χ4v) is 2.03. The van der Waals surface area contributed by atoms with Crippen molar-refractivity contribution in [1.29, 1.82) is 0 Å². The standard InChI is InChI=1S/C15H16FN3/c1-4-9-19-14(17)13(18-15(19)10(2)3)11-7-5-6-8-12(11)16/h1,5-8,10H,9,17H2,2-3H3. The molecule has 0 aliphatic carbocycles. The van der Waals surface area contributed by atoms with E-state index in [0.29, 0.717) is 23.6 Å². The second kappa shape index (κ2) is 5.15. The first-order chi connectivity index (χ1) is 9.06. The molecule has 0 saturated heterocycles. The molecule has 1 aromatic heterocycles. The van der Waals surface area contributed by atoms with E-state index >= 15 is 0 Å². The number of nitrogens with zero attached hydrogens (tertiary/aromatic N) is 2. The van der Waals surface area contributed by atoms with E-state index in [1.165, 1.54) is 6.07 Å². The highest BCUT2D eigenvalue weighted by Gasteiger charge is 2.19. The predicted molar refractivity (Wildman–Crippen MR) is 75.0 cm³/mol. The summed E-state index contributed by atoms with van der Waals surface area (Å²) in [6, 6.07) is 6.45. The monoisotopic (exact) mass is 257 g/mol. The average Bonchev–Trinajstić information content (AvgIpc) is 2.69. The van der Waals surface area contributed by atoms with Gasteiger partial charge in [-0.15, -0.1) is 6.42 Å². The molecule has 0 bridgehead atoms. The van der Waals surface area contributed by atoms with Crippen molar-refractivity contribution in [2.24, 2.45) is 0 Å². The molecule has 2 rings (SSSR count). The van der Waals surface area contributed by atoms with Gasteiger partial charge >= 0.3 is 0 Å². The van der Waals surface area contributed by atoms with Gasteiger partial charge in [-0.2, -0.15) is 0 Å². The van der Waals surface area contributed by atoms with E-state index in [4.69, 9.17) is 12.2 Å². The second-order valence-electron chi connectivity index (χ2n) is 4.63. The van der Waals surface area contributed by atoms with Crippen molar-refractivity contribution in [1.82, 2.24) is 9.55 Å². The third-order valence-electron chi connectivity index (χ3n) is 2.93. The van der Waals surface area contributed by atoms with Crippen LogP contribution in [0.1, 0.15) is 25.6 Å². The van der Waals surface area contributed by atoms with Gasteiger partial charge in [-0.05, 0) is 12.1 Å². The van der Waals surface area contributed by atoms with Gasteiger partial charge in [0.25, 0.3) is 0 Å². The Balaban J connectivity index is 2.63. The molecule has 0 unspecified atom stereocenters. The van der Waals surface area contributed by atoms with Gasteiger partial charge in [-0.3, -0.25) is 0 Å². The summed E-state index contributed by atoms with van der Waals surface area (Å²) >= 11 is 0. The Bertz CT molecular complexity index is 635. The molecule has 0 spiro atoms. The highest BCUT2D eigenvalue weighted by molar-refractivity contribution is 5.71. The Morgan fingerprint density at radius 1 is 1.42 bits per heavy atom. The summed E-state index contributed by atoms with van der Waals surface area (Å²) in [6.45, 7) is 4.33. The summed E-state index contributed by atoms with van der Waals surface area (Å²) in [5, 5.41) is 0.